The lowest BCUT2D eigenvalue weighted by Gasteiger charge is -2.19. The number of carboxylic acid groups (broad SMARTS) is 2. The summed E-state index contributed by atoms with van der Waals surface area (Å²) in [5.74, 6) is -6.57. The molecule has 3 amide bonds. The number of hydrogen-bond acceptors (Lipinski definition) is 14. The van der Waals surface area contributed by atoms with Crippen LogP contribution in [-0.4, -0.2) is 100 Å². The number of carbonyl (C=O) groups is 5. The van der Waals surface area contributed by atoms with Crippen LogP contribution in [0.1, 0.15) is 25.2 Å². The lowest BCUT2D eigenvalue weighted by molar-refractivity contribution is -0.161. The van der Waals surface area contributed by atoms with E-state index < -0.39 is 70.4 Å². The molecule has 2 aliphatic heterocycles. The quantitative estimate of drug-likeness (QED) is 0.0830. The number of oxime groups is 1. The van der Waals surface area contributed by atoms with E-state index in [0.717, 1.165) is 28.6 Å². The Labute approximate surface area is 244 Å². The minimum Gasteiger partial charge on any atom is -0.503 e. The maximum Gasteiger partial charge on any atom is 0.354 e. The third kappa shape index (κ3) is 6.08. The Hall–Kier alpha value is -5.50. The SMILES string of the molecule is CC(C)(ON=C(C(=O)NC1CN2CC(C(=O)NCc3cc(=O)c(O)cn3O)=C(C(=O)O)N2C1=O)c1csc(N)n1)C(=O)O. The Balaban J connectivity index is 1.52. The van der Waals surface area contributed by atoms with E-state index in [1.807, 2.05) is 0 Å². The molecule has 0 radical (unpaired) electrons. The number of hydrogen-bond donors (Lipinski definition) is 7. The maximum atomic E-state index is 13.2. The first-order chi connectivity index (χ1) is 20.1. The van der Waals surface area contributed by atoms with Crippen molar-refractivity contribution in [2.24, 2.45) is 5.16 Å². The molecular formula is C23H24N8O11S. The van der Waals surface area contributed by atoms with Gasteiger partial charge < -0.3 is 41.7 Å². The van der Waals surface area contributed by atoms with E-state index in [1.165, 1.54) is 24.2 Å². The lowest BCUT2D eigenvalue weighted by Crippen LogP contribution is -2.46. The number of aliphatic carboxylic acids is 2. The van der Waals surface area contributed by atoms with E-state index in [0.29, 0.717) is 4.73 Å². The number of carbonyl (C=O) groups excluding carboxylic acids is 3. The molecular weight excluding hydrogens is 596 g/mol. The monoisotopic (exact) mass is 620 g/mol. The van der Waals surface area contributed by atoms with Crippen molar-refractivity contribution in [3.63, 3.8) is 0 Å². The number of thiazole rings is 1. The first-order valence-corrected chi connectivity index (χ1v) is 13.0. The Morgan fingerprint density at radius 1 is 1.26 bits per heavy atom. The van der Waals surface area contributed by atoms with Crippen molar-refractivity contribution in [3.8, 4) is 5.75 Å². The summed E-state index contributed by atoms with van der Waals surface area (Å²) in [5.41, 5.74) is 1.29. The predicted octanol–water partition coefficient (Wildman–Crippen LogP) is -2.37. The Kier molecular flexibility index (Phi) is 8.08. The van der Waals surface area contributed by atoms with E-state index in [4.69, 9.17) is 10.6 Å². The second-order valence-corrected chi connectivity index (χ2v) is 10.5. The summed E-state index contributed by atoms with van der Waals surface area (Å²) >= 11 is 0.957. The highest BCUT2D eigenvalue weighted by Crippen LogP contribution is 2.30. The summed E-state index contributed by atoms with van der Waals surface area (Å²) in [5, 5.41) is 50.0. The first kappa shape index (κ1) is 30.5. The van der Waals surface area contributed by atoms with Gasteiger partial charge in [-0.2, -0.15) is 4.73 Å². The number of amides is 3. The number of pyridine rings is 1. The molecule has 0 spiro atoms. The summed E-state index contributed by atoms with van der Waals surface area (Å²) in [6.45, 7) is 1.32. The van der Waals surface area contributed by atoms with Crippen molar-refractivity contribution >= 4 is 51.8 Å². The molecule has 1 unspecified atom stereocenters. The number of hydrazine groups is 1. The molecule has 1 saturated heterocycles. The van der Waals surface area contributed by atoms with Gasteiger partial charge in [0.05, 0.1) is 30.6 Å². The van der Waals surface area contributed by atoms with Crippen LogP contribution in [0.3, 0.4) is 0 Å². The standard InChI is InChI=1S/C23H24N8O11S/c1-23(2,21(39)40)42-28-15(12-8-43-22(24)27-12)18(35)26-11-6-29-5-10(16(20(37)38)31(29)19(11)36)17(34)25-4-9-3-13(32)14(33)7-30(9)41/h3,7-8,11,33,41H,4-6H2,1-2H3,(H2,24,27)(H,25,34)(H,26,35)(H,37,38)(H,39,40). The summed E-state index contributed by atoms with van der Waals surface area (Å²) in [4.78, 5) is 83.4. The summed E-state index contributed by atoms with van der Waals surface area (Å²) in [6.07, 6.45) is 0.717. The highest BCUT2D eigenvalue weighted by Gasteiger charge is 2.49. The normalized spacial score (nSPS) is 17.2. The molecule has 1 fully saturated rings. The van der Waals surface area contributed by atoms with Crippen LogP contribution in [0.5, 0.6) is 5.75 Å². The van der Waals surface area contributed by atoms with Crippen molar-refractivity contribution in [3.05, 3.63) is 50.5 Å². The van der Waals surface area contributed by atoms with E-state index in [1.54, 1.807) is 0 Å². The molecule has 0 aliphatic carbocycles. The topological polar surface area (TPSA) is 279 Å². The van der Waals surface area contributed by atoms with Gasteiger partial charge >= 0.3 is 11.9 Å². The minimum atomic E-state index is -1.83. The molecule has 43 heavy (non-hydrogen) atoms. The molecule has 0 bridgehead atoms. The number of carboxylic acids is 2. The lowest BCUT2D eigenvalue weighted by atomic mass is 10.1. The third-order valence-electron chi connectivity index (χ3n) is 6.18. The van der Waals surface area contributed by atoms with Gasteiger partial charge in [-0.15, -0.1) is 11.3 Å². The van der Waals surface area contributed by atoms with Gasteiger partial charge in [-0.1, -0.05) is 5.16 Å². The van der Waals surface area contributed by atoms with Crippen LogP contribution >= 0.6 is 11.3 Å². The smallest absolute Gasteiger partial charge is 0.354 e. The predicted molar refractivity (Wildman–Crippen MR) is 142 cm³/mol. The number of fused-ring (bicyclic) bond motifs is 1. The van der Waals surface area contributed by atoms with Gasteiger partial charge in [-0.05, 0) is 13.8 Å². The number of nitrogen functional groups attached to an aromatic ring is 1. The van der Waals surface area contributed by atoms with E-state index >= 15 is 0 Å². The van der Waals surface area contributed by atoms with Gasteiger partial charge in [0.15, 0.2) is 22.3 Å². The van der Waals surface area contributed by atoms with Gasteiger partial charge in [0, 0.05) is 18.0 Å². The molecule has 2 aromatic heterocycles. The van der Waals surface area contributed by atoms with Crippen molar-refractivity contribution < 1.29 is 49.3 Å². The number of rotatable bonds is 10. The summed E-state index contributed by atoms with van der Waals surface area (Å²) in [6, 6.07) is -0.457. The van der Waals surface area contributed by atoms with Crippen molar-refractivity contribution in [1.82, 2.24) is 30.4 Å². The van der Waals surface area contributed by atoms with Crippen LogP contribution < -0.4 is 21.8 Å². The van der Waals surface area contributed by atoms with E-state index in [-0.39, 0.29) is 35.2 Å². The van der Waals surface area contributed by atoms with Gasteiger partial charge in [-0.25, -0.2) is 24.6 Å². The molecule has 2 aromatic rings. The van der Waals surface area contributed by atoms with Crippen LogP contribution in [-0.2, 0) is 35.4 Å². The van der Waals surface area contributed by atoms with Crippen molar-refractivity contribution in [2.45, 2.75) is 32.0 Å². The zero-order valence-electron chi connectivity index (χ0n) is 22.3. The van der Waals surface area contributed by atoms with Crippen LogP contribution in [0.2, 0.25) is 0 Å². The van der Waals surface area contributed by atoms with Crippen LogP contribution in [0.4, 0.5) is 5.13 Å². The van der Waals surface area contributed by atoms with E-state index in [9.17, 15) is 49.3 Å². The molecule has 0 aromatic carbocycles. The fourth-order valence-corrected chi connectivity index (χ4v) is 4.47. The molecule has 8 N–H and O–H groups in total. The zero-order chi connectivity index (χ0) is 31.8. The Morgan fingerprint density at radius 3 is 2.56 bits per heavy atom. The Morgan fingerprint density at radius 2 is 1.95 bits per heavy atom. The van der Waals surface area contributed by atoms with Crippen LogP contribution in [0.15, 0.2) is 38.9 Å². The molecule has 0 saturated carbocycles. The maximum absolute atomic E-state index is 13.2. The average molecular weight is 621 g/mol. The minimum absolute atomic E-state index is 0.0615. The highest BCUT2D eigenvalue weighted by atomic mass is 32.1. The van der Waals surface area contributed by atoms with Gasteiger partial charge in [-0.3, -0.25) is 19.2 Å². The average Bonchev–Trinajstić information content (AvgIpc) is 3.60. The molecule has 20 heteroatoms. The van der Waals surface area contributed by atoms with Gasteiger partial charge in [0.2, 0.25) is 11.0 Å². The third-order valence-corrected chi connectivity index (χ3v) is 6.86. The summed E-state index contributed by atoms with van der Waals surface area (Å²) in [7, 11) is 0. The van der Waals surface area contributed by atoms with Crippen molar-refractivity contribution in [1.29, 1.82) is 0 Å². The fraction of sp³-hybridized carbons (Fsp3) is 0.304. The number of anilines is 1. The fourth-order valence-electron chi connectivity index (χ4n) is 3.93. The van der Waals surface area contributed by atoms with Crippen LogP contribution in [0, 0.1) is 0 Å². The first-order valence-electron chi connectivity index (χ1n) is 12.1. The highest BCUT2D eigenvalue weighted by molar-refractivity contribution is 7.13. The number of nitrogens with two attached hydrogens (primary N) is 1. The van der Waals surface area contributed by atoms with Gasteiger partial charge in [0.1, 0.15) is 11.7 Å². The molecule has 228 valence electrons. The Bertz CT molecular complexity index is 1660. The number of aromatic nitrogens is 2. The summed E-state index contributed by atoms with van der Waals surface area (Å²) < 4.78 is 0.405. The number of nitrogens with one attached hydrogen (secondary N) is 2. The number of aromatic hydroxyl groups is 1. The van der Waals surface area contributed by atoms with E-state index in [2.05, 4.69) is 20.8 Å². The molecule has 4 rings (SSSR count). The largest absolute Gasteiger partial charge is 0.503 e. The van der Waals surface area contributed by atoms with Gasteiger partial charge in [0.25, 0.3) is 17.7 Å². The second kappa shape index (κ2) is 11.4. The van der Waals surface area contributed by atoms with Crippen LogP contribution in [0.25, 0.3) is 0 Å². The van der Waals surface area contributed by atoms with Crippen molar-refractivity contribution in [2.75, 3.05) is 18.8 Å². The molecule has 2 aliphatic rings. The molecule has 19 nitrogen and oxygen atoms in total. The second-order valence-electron chi connectivity index (χ2n) is 9.61. The molecule has 1 atom stereocenters. The number of nitrogens with zero attached hydrogens (tertiary/aromatic N) is 5. The molecule has 4 heterocycles. The zero-order valence-corrected chi connectivity index (χ0v) is 23.1.